The molecular weight excluding hydrogens is 212 g/mol. The van der Waals surface area contributed by atoms with Gasteiger partial charge >= 0.3 is 0 Å². The number of hydrogen-bond acceptors (Lipinski definition) is 2. The average molecular weight is 240 g/mol. The summed E-state index contributed by atoms with van der Waals surface area (Å²) in [4.78, 5) is 0. The fraction of sp³-hybridized carbons (Fsp3) is 1.00. The van der Waals surface area contributed by atoms with E-state index in [2.05, 4.69) is 0 Å². The highest BCUT2D eigenvalue weighted by atomic mass is 16.5. The van der Waals surface area contributed by atoms with Crippen LogP contribution < -0.4 is 0 Å². The Bertz CT molecular complexity index is 191. The van der Waals surface area contributed by atoms with Crippen molar-refractivity contribution in [2.75, 3.05) is 20.3 Å². The lowest BCUT2D eigenvalue weighted by molar-refractivity contribution is -0.0138. The molecule has 2 nitrogen and oxygen atoms in total. The van der Waals surface area contributed by atoms with Crippen LogP contribution in [0.1, 0.15) is 57.8 Å². The van der Waals surface area contributed by atoms with Gasteiger partial charge in [-0.2, -0.15) is 0 Å². The Morgan fingerprint density at radius 2 is 1.41 bits per heavy atom. The van der Waals surface area contributed by atoms with Gasteiger partial charge in [-0.3, -0.25) is 0 Å². The van der Waals surface area contributed by atoms with E-state index in [4.69, 9.17) is 9.47 Å². The van der Waals surface area contributed by atoms with Crippen LogP contribution in [0.3, 0.4) is 0 Å². The van der Waals surface area contributed by atoms with Gasteiger partial charge in [-0.25, -0.2) is 0 Å². The van der Waals surface area contributed by atoms with E-state index in [0.29, 0.717) is 6.10 Å². The maximum atomic E-state index is 6.11. The topological polar surface area (TPSA) is 18.5 Å². The maximum absolute atomic E-state index is 6.11. The van der Waals surface area contributed by atoms with Crippen molar-refractivity contribution in [2.24, 2.45) is 11.8 Å². The molecule has 0 amide bonds. The summed E-state index contributed by atoms with van der Waals surface area (Å²) in [6, 6.07) is 0. The maximum Gasteiger partial charge on any atom is 0.0575 e. The van der Waals surface area contributed by atoms with E-state index in [1.807, 2.05) is 7.11 Å². The second-order valence-electron chi connectivity index (χ2n) is 5.94. The van der Waals surface area contributed by atoms with Crippen LogP contribution in [0.15, 0.2) is 0 Å². The van der Waals surface area contributed by atoms with Crippen molar-refractivity contribution < 1.29 is 9.47 Å². The van der Waals surface area contributed by atoms with E-state index in [-0.39, 0.29) is 0 Å². The van der Waals surface area contributed by atoms with Gasteiger partial charge in [0.05, 0.1) is 6.10 Å². The minimum atomic E-state index is 0.546. The molecule has 0 spiro atoms. The molecule has 0 aromatic heterocycles. The number of methoxy groups -OCH3 is 1. The summed E-state index contributed by atoms with van der Waals surface area (Å²) >= 11 is 0. The van der Waals surface area contributed by atoms with Gasteiger partial charge in [0.2, 0.25) is 0 Å². The van der Waals surface area contributed by atoms with E-state index in [9.17, 15) is 0 Å². The second-order valence-corrected chi connectivity index (χ2v) is 5.94. The van der Waals surface area contributed by atoms with Gasteiger partial charge in [0, 0.05) is 20.3 Å². The van der Waals surface area contributed by atoms with Gasteiger partial charge in [-0.15, -0.1) is 0 Å². The molecule has 17 heavy (non-hydrogen) atoms. The van der Waals surface area contributed by atoms with Crippen LogP contribution in [0, 0.1) is 11.8 Å². The van der Waals surface area contributed by atoms with Gasteiger partial charge in [-0.05, 0) is 50.4 Å². The zero-order valence-electron chi connectivity index (χ0n) is 11.3. The van der Waals surface area contributed by atoms with Crippen molar-refractivity contribution in [3.8, 4) is 0 Å². The lowest BCUT2D eigenvalue weighted by Crippen LogP contribution is -2.26. The minimum Gasteiger partial charge on any atom is -0.384 e. The molecular formula is C15H28O2. The molecule has 0 aromatic carbocycles. The molecule has 2 rings (SSSR count). The predicted octanol–water partition coefficient (Wildman–Crippen LogP) is 3.79. The molecule has 0 radical (unpaired) electrons. The van der Waals surface area contributed by atoms with Crippen molar-refractivity contribution in [1.29, 1.82) is 0 Å². The molecule has 100 valence electrons. The first-order valence-corrected chi connectivity index (χ1v) is 7.49. The zero-order chi connectivity index (χ0) is 11.9. The Balaban J connectivity index is 1.57. The molecule has 0 aromatic rings. The largest absolute Gasteiger partial charge is 0.384 e. The van der Waals surface area contributed by atoms with Crippen LogP contribution in [0.5, 0.6) is 0 Å². The number of rotatable bonds is 5. The predicted molar refractivity (Wildman–Crippen MR) is 70.1 cm³/mol. The third-order valence-corrected chi connectivity index (χ3v) is 4.49. The van der Waals surface area contributed by atoms with Gasteiger partial charge in [0.15, 0.2) is 0 Å². The third-order valence-electron chi connectivity index (χ3n) is 4.49. The highest BCUT2D eigenvalue weighted by molar-refractivity contribution is 4.73. The van der Waals surface area contributed by atoms with Crippen LogP contribution in [-0.4, -0.2) is 26.4 Å². The van der Waals surface area contributed by atoms with Crippen LogP contribution in [0.2, 0.25) is 0 Å². The molecule has 0 N–H and O–H groups in total. The molecule has 2 fully saturated rings. The summed E-state index contributed by atoms with van der Waals surface area (Å²) in [7, 11) is 1.81. The standard InChI is InChI=1S/C15H28O2/c1-16-11-14-7-9-15(10-8-14)17-12-13-5-3-2-4-6-13/h13-15H,2-12H2,1H3. The molecule has 0 aliphatic heterocycles. The fourth-order valence-electron chi connectivity index (χ4n) is 3.33. The normalized spacial score (nSPS) is 31.6. The van der Waals surface area contributed by atoms with E-state index < -0.39 is 0 Å². The van der Waals surface area contributed by atoms with Crippen LogP contribution in [-0.2, 0) is 9.47 Å². The Morgan fingerprint density at radius 3 is 2.06 bits per heavy atom. The molecule has 0 saturated heterocycles. The minimum absolute atomic E-state index is 0.546. The van der Waals surface area contributed by atoms with E-state index in [0.717, 1.165) is 25.0 Å². The van der Waals surface area contributed by atoms with Gasteiger partial charge in [-0.1, -0.05) is 19.3 Å². The lowest BCUT2D eigenvalue weighted by Gasteiger charge is -2.30. The quantitative estimate of drug-likeness (QED) is 0.728. The van der Waals surface area contributed by atoms with Crippen LogP contribution in [0.25, 0.3) is 0 Å². The molecule has 0 bridgehead atoms. The van der Waals surface area contributed by atoms with Crippen molar-refractivity contribution in [3.63, 3.8) is 0 Å². The summed E-state index contributed by atoms with van der Waals surface area (Å²) in [6.45, 7) is 1.97. The molecule has 2 aliphatic rings. The third kappa shape index (κ3) is 4.59. The number of hydrogen-bond donors (Lipinski definition) is 0. The Labute approximate surface area is 106 Å². The van der Waals surface area contributed by atoms with Crippen molar-refractivity contribution in [2.45, 2.75) is 63.9 Å². The van der Waals surface area contributed by atoms with Crippen molar-refractivity contribution in [1.82, 2.24) is 0 Å². The van der Waals surface area contributed by atoms with E-state index in [1.54, 1.807) is 0 Å². The summed E-state index contributed by atoms with van der Waals surface area (Å²) in [5.74, 6) is 1.65. The fourth-order valence-corrected chi connectivity index (χ4v) is 3.33. The Hall–Kier alpha value is -0.0800. The van der Waals surface area contributed by atoms with Gasteiger partial charge in [0.25, 0.3) is 0 Å². The molecule has 2 heteroatoms. The highest BCUT2D eigenvalue weighted by Gasteiger charge is 2.22. The average Bonchev–Trinajstić information content (AvgIpc) is 2.40. The second kappa shape index (κ2) is 7.38. The van der Waals surface area contributed by atoms with E-state index >= 15 is 0 Å². The summed E-state index contributed by atoms with van der Waals surface area (Å²) < 4.78 is 11.3. The van der Waals surface area contributed by atoms with Gasteiger partial charge < -0.3 is 9.47 Å². The van der Waals surface area contributed by atoms with Crippen molar-refractivity contribution in [3.05, 3.63) is 0 Å². The van der Waals surface area contributed by atoms with Crippen molar-refractivity contribution >= 4 is 0 Å². The zero-order valence-corrected chi connectivity index (χ0v) is 11.3. The lowest BCUT2D eigenvalue weighted by atomic mass is 9.87. The van der Waals surface area contributed by atoms with Crippen LogP contribution >= 0.6 is 0 Å². The molecule has 2 aliphatic carbocycles. The van der Waals surface area contributed by atoms with Crippen LogP contribution in [0.4, 0.5) is 0 Å². The Morgan fingerprint density at radius 1 is 0.765 bits per heavy atom. The number of ether oxygens (including phenoxy) is 2. The summed E-state index contributed by atoms with van der Waals surface area (Å²) in [6.07, 6.45) is 12.7. The molecule has 2 saturated carbocycles. The van der Waals surface area contributed by atoms with Gasteiger partial charge in [0.1, 0.15) is 0 Å². The molecule has 0 atom stereocenters. The summed E-state index contributed by atoms with van der Waals surface area (Å²) in [5.41, 5.74) is 0. The summed E-state index contributed by atoms with van der Waals surface area (Å²) in [5, 5.41) is 0. The molecule has 0 unspecified atom stereocenters. The highest BCUT2D eigenvalue weighted by Crippen LogP contribution is 2.29. The first-order valence-electron chi connectivity index (χ1n) is 7.49. The monoisotopic (exact) mass is 240 g/mol. The Kier molecular flexibility index (Phi) is 5.79. The first kappa shape index (κ1) is 13.4. The smallest absolute Gasteiger partial charge is 0.0575 e. The molecule has 0 heterocycles. The SMILES string of the molecule is COCC1CCC(OCC2CCCCC2)CC1. The van der Waals surface area contributed by atoms with E-state index in [1.165, 1.54) is 57.8 Å². The first-order chi connectivity index (χ1) is 8.38.